The number of carbonyl (C=O) groups excluding carboxylic acids is 3. The number of benzene rings is 1. The summed E-state index contributed by atoms with van der Waals surface area (Å²) in [5.41, 5.74) is 1.09. The quantitative estimate of drug-likeness (QED) is 0.736. The van der Waals surface area contributed by atoms with Gasteiger partial charge >= 0.3 is 0 Å². The van der Waals surface area contributed by atoms with Crippen molar-refractivity contribution in [3.63, 3.8) is 0 Å². The van der Waals surface area contributed by atoms with E-state index in [1.807, 2.05) is 13.8 Å². The first kappa shape index (κ1) is 22.8. The van der Waals surface area contributed by atoms with Gasteiger partial charge in [-0.15, -0.1) is 0 Å². The van der Waals surface area contributed by atoms with Gasteiger partial charge in [0.1, 0.15) is 6.04 Å². The zero-order valence-electron chi connectivity index (χ0n) is 17.9. The largest absolute Gasteiger partial charge is 0.351 e. The van der Waals surface area contributed by atoms with Crippen molar-refractivity contribution in [1.82, 2.24) is 20.3 Å². The number of aryl methyl sites for hydroxylation is 1. The highest BCUT2D eigenvalue weighted by atomic mass is 35.5. The summed E-state index contributed by atoms with van der Waals surface area (Å²) in [6.45, 7) is 7.33. The molecule has 1 aliphatic heterocycles. The van der Waals surface area contributed by atoms with E-state index in [1.165, 1.54) is 0 Å². The Bertz CT molecular complexity index is 933. The lowest BCUT2D eigenvalue weighted by atomic mass is 10.0. The van der Waals surface area contributed by atoms with Crippen molar-refractivity contribution in [1.29, 1.82) is 0 Å². The molecule has 1 aliphatic rings. The molecule has 1 aromatic carbocycles. The van der Waals surface area contributed by atoms with Crippen molar-refractivity contribution in [2.45, 2.75) is 33.2 Å². The Balaban J connectivity index is 1.62. The minimum Gasteiger partial charge on any atom is -0.351 e. The SMILES string of the molecule is Cc1cc(C(=O)N2CCN(C(=O)C(CC(C)C)NC(=O)c3ccc(Cl)cc3)CC2)on1. The molecule has 1 N–H and O–H groups in total. The summed E-state index contributed by atoms with van der Waals surface area (Å²) in [7, 11) is 0. The van der Waals surface area contributed by atoms with Gasteiger partial charge in [-0.2, -0.15) is 0 Å². The van der Waals surface area contributed by atoms with Crippen LogP contribution in [-0.4, -0.2) is 64.9 Å². The van der Waals surface area contributed by atoms with E-state index in [0.29, 0.717) is 48.9 Å². The van der Waals surface area contributed by atoms with Crippen LogP contribution in [0, 0.1) is 12.8 Å². The number of nitrogens with zero attached hydrogens (tertiary/aromatic N) is 3. The highest BCUT2D eigenvalue weighted by molar-refractivity contribution is 6.30. The third-order valence-electron chi connectivity index (χ3n) is 5.13. The number of hydrogen-bond donors (Lipinski definition) is 1. The summed E-state index contributed by atoms with van der Waals surface area (Å²) in [5.74, 6) is -0.270. The average molecular weight is 447 g/mol. The maximum atomic E-state index is 13.2. The maximum Gasteiger partial charge on any atom is 0.292 e. The summed E-state index contributed by atoms with van der Waals surface area (Å²) in [5, 5.41) is 7.16. The van der Waals surface area contributed by atoms with Gasteiger partial charge in [-0.1, -0.05) is 30.6 Å². The van der Waals surface area contributed by atoms with E-state index in [4.69, 9.17) is 16.1 Å². The highest BCUT2D eigenvalue weighted by Crippen LogP contribution is 2.15. The second kappa shape index (κ2) is 9.96. The molecule has 0 saturated carbocycles. The first-order valence-electron chi connectivity index (χ1n) is 10.3. The van der Waals surface area contributed by atoms with Gasteiger partial charge in [0.2, 0.25) is 11.7 Å². The van der Waals surface area contributed by atoms with Crippen molar-refractivity contribution < 1.29 is 18.9 Å². The molecular weight excluding hydrogens is 420 g/mol. The normalized spacial score (nSPS) is 15.1. The van der Waals surface area contributed by atoms with Gasteiger partial charge in [-0.25, -0.2) is 0 Å². The van der Waals surface area contributed by atoms with Crippen LogP contribution in [0.15, 0.2) is 34.9 Å². The molecule has 0 bridgehead atoms. The Kier molecular flexibility index (Phi) is 7.33. The minimum atomic E-state index is -0.637. The van der Waals surface area contributed by atoms with Gasteiger partial charge in [0, 0.05) is 42.8 Å². The number of aromatic nitrogens is 1. The van der Waals surface area contributed by atoms with Crippen LogP contribution in [0.3, 0.4) is 0 Å². The van der Waals surface area contributed by atoms with E-state index in [-0.39, 0.29) is 29.4 Å². The summed E-state index contributed by atoms with van der Waals surface area (Å²) >= 11 is 5.89. The smallest absolute Gasteiger partial charge is 0.292 e. The van der Waals surface area contributed by atoms with Crippen LogP contribution >= 0.6 is 11.6 Å². The van der Waals surface area contributed by atoms with Gasteiger partial charge in [0.05, 0.1) is 5.69 Å². The first-order valence-corrected chi connectivity index (χ1v) is 10.7. The van der Waals surface area contributed by atoms with Gasteiger partial charge < -0.3 is 19.6 Å². The van der Waals surface area contributed by atoms with Crippen molar-refractivity contribution >= 4 is 29.3 Å². The lowest BCUT2D eigenvalue weighted by Gasteiger charge is -2.36. The molecule has 1 unspecified atom stereocenters. The molecule has 1 fully saturated rings. The van der Waals surface area contributed by atoms with Crippen LogP contribution in [0.5, 0.6) is 0 Å². The molecule has 1 atom stereocenters. The van der Waals surface area contributed by atoms with Crippen LogP contribution in [0.1, 0.15) is 46.9 Å². The van der Waals surface area contributed by atoms with Crippen LogP contribution in [0.25, 0.3) is 0 Å². The van der Waals surface area contributed by atoms with Gasteiger partial charge in [-0.05, 0) is 43.5 Å². The Morgan fingerprint density at radius 3 is 2.26 bits per heavy atom. The van der Waals surface area contributed by atoms with Gasteiger partial charge in [-0.3, -0.25) is 14.4 Å². The van der Waals surface area contributed by atoms with Crippen LogP contribution in [-0.2, 0) is 4.79 Å². The Morgan fingerprint density at radius 2 is 1.71 bits per heavy atom. The average Bonchev–Trinajstić information content (AvgIpc) is 3.18. The molecule has 1 saturated heterocycles. The Hall–Kier alpha value is -2.87. The fourth-order valence-corrected chi connectivity index (χ4v) is 3.63. The third-order valence-corrected chi connectivity index (χ3v) is 5.39. The molecular formula is C22H27ClN4O4. The number of halogens is 1. The van der Waals surface area contributed by atoms with Crippen molar-refractivity contribution in [3.05, 3.63) is 52.4 Å². The fourth-order valence-electron chi connectivity index (χ4n) is 3.51. The van der Waals surface area contributed by atoms with Crippen molar-refractivity contribution in [3.8, 4) is 0 Å². The molecule has 0 aliphatic carbocycles. The maximum absolute atomic E-state index is 13.2. The van der Waals surface area contributed by atoms with Crippen molar-refractivity contribution in [2.24, 2.45) is 5.92 Å². The van der Waals surface area contributed by atoms with E-state index in [9.17, 15) is 14.4 Å². The van der Waals surface area contributed by atoms with E-state index in [1.54, 1.807) is 47.1 Å². The van der Waals surface area contributed by atoms with Crippen molar-refractivity contribution in [2.75, 3.05) is 26.2 Å². The molecule has 166 valence electrons. The van der Waals surface area contributed by atoms with Gasteiger partial charge in [0.15, 0.2) is 0 Å². The van der Waals surface area contributed by atoms with Crippen LogP contribution < -0.4 is 5.32 Å². The highest BCUT2D eigenvalue weighted by Gasteiger charge is 2.31. The third kappa shape index (κ3) is 5.85. The van der Waals surface area contributed by atoms with Gasteiger partial charge in [0.25, 0.3) is 11.8 Å². The molecule has 8 nitrogen and oxygen atoms in total. The molecule has 3 amide bonds. The molecule has 2 heterocycles. The number of hydrogen-bond acceptors (Lipinski definition) is 5. The van der Waals surface area contributed by atoms with E-state index < -0.39 is 6.04 Å². The van der Waals surface area contributed by atoms with Crippen LogP contribution in [0.2, 0.25) is 5.02 Å². The molecule has 1 aromatic heterocycles. The number of nitrogens with one attached hydrogen (secondary N) is 1. The zero-order chi connectivity index (χ0) is 22.5. The zero-order valence-corrected chi connectivity index (χ0v) is 18.7. The summed E-state index contributed by atoms with van der Waals surface area (Å²) in [6.07, 6.45) is 0.522. The molecule has 31 heavy (non-hydrogen) atoms. The standard InChI is InChI=1S/C22H27ClN4O4/c1-14(2)12-18(24-20(28)16-4-6-17(23)7-5-16)21(29)26-8-10-27(11-9-26)22(30)19-13-15(3)25-31-19/h4-7,13-14,18H,8-12H2,1-3H3,(H,24,28). The number of carbonyl (C=O) groups is 3. The predicted octanol–water partition coefficient (Wildman–Crippen LogP) is 2.77. The second-order valence-corrected chi connectivity index (χ2v) is 8.55. The second-order valence-electron chi connectivity index (χ2n) is 8.11. The van der Waals surface area contributed by atoms with Crippen LogP contribution in [0.4, 0.5) is 0 Å². The lowest BCUT2D eigenvalue weighted by molar-refractivity contribution is -0.135. The Labute approximate surface area is 186 Å². The topological polar surface area (TPSA) is 95.8 Å². The number of rotatable bonds is 6. The molecule has 9 heteroatoms. The fraction of sp³-hybridized carbons (Fsp3) is 0.455. The first-order chi connectivity index (χ1) is 14.7. The van der Waals surface area contributed by atoms with E-state index in [2.05, 4.69) is 10.5 Å². The molecule has 3 rings (SSSR count). The predicted molar refractivity (Wildman–Crippen MR) is 116 cm³/mol. The monoisotopic (exact) mass is 446 g/mol. The number of amides is 3. The summed E-state index contributed by atoms with van der Waals surface area (Å²) in [6, 6.07) is 7.51. The molecule has 0 radical (unpaired) electrons. The summed E-state index contributed by atoms with van der Waals surface area (Å²) in [4.78, 5) is 41.7. The minimum absolute atomic E-state index is 0.140. The van der Waals surface area contributed by atoms with E-state index in [0.717, 1.165) is 0 Å². The Morgan fingerprint density at radius 1 is 1.10 bits per heavy atom. The lowest BCUT2D eigenvalue weighted by Crippen LogP contribution is -2.56. The summed E-state index contributed by atoms with van der Waals surface area (Å²) < 4.78 is 5.05. The molecule has 0 spiro atoms. The number of piperazine rings is 1. The van der Waals surface area contributed by atoms with E-state index >= 15 is 0 Å². The molecule has 2 aromatic rings.